The second kappa shape index (κ2) is 5.58. The first-order valence-electron chi connectivity index (χ1n) is 5.87. The second-order valence-electron chi connectivity index (χ2n) is 4.24. The number of pyridine rings is 1. The number of alkyl halides is 3. The van der Waals surface area contributed by atoms with E-state index in [4.69, 9.17) is 0 Å². The summed E-state index contributed by atoms with van der Waals surface area (Å²) < 4.78 is 52.4. The summed E-state index contributed by atoms with van der Waals surface area (Å²) in [6.07, 6.45) is -1.57. The Labute approximate surface area is 113 Å². The van der Waals surface area contributed by atoms with E-state index in [0.29, 0.717) is 5.56 Å². The third-order valence-electron chi connectivity index (χ3n) is 2.94. The predicted molar refractivity (Wildman–Crippen MR) is 66.5 cm³/mol. The third kappa shape index (κ3) is 2.96. The molecule has 1 heterocycles. The van der Waals surface area contributed by atoms with Gasteiger partial charge in [-0.2, -0.15) is 13.2 Å². The normalized spacial score (nSPS) is 13.2. The van der Waals surface area contributed by atoms with E-state index in [1.54, 1.807) is 12.1 Å². The zero-order chi connectivity index (χ0) is 14.8. The van der Waals surface area contributed by atoms with E-state index < -0.39 is 23.6 Å². The first-order valence-corrected chi connectivity index (χ1v) is 5.87. The number of halogens is 4. The maximum Gasteiger partial charge on any atom is 0.416 e. The highest BCUT2D eigenvalue weighted by Crippen LogP contribution is 2.36. The quantitative estimate of drug-likeness (QED) is 0.872. The van der Waals surface area contributed by atoms with Crippen LogP contribution in [-0.4, -0.2) is 12.0 Å². The van der Waals surface area contributed by atoms with Gasteiger partial charge in [-0.25, -0.2) is 4.39 Å². The van der Waals surface area contributed by atoms with E-state index in [1.165, 1.54) is 19.4 Å². The second-order valence-corrected chi connectivity index (χ2v) is 4.24. The molecule has 0 saturated heterocycles. The van der Waals surface area contributed by atoms with Crippen molar-refractivity contribution < 1.29 is 17.6 Å². The lowest BCUT2D eigenvalue weighted by Crippen LogP contribution is -2.22. The molecule has 2 rings (SSSR count). The van der Waals surface area contributed by atoms with Crippen LogP contribution in [0.15, 0.2) is 42.7 Å². The smallest absolute Gasteiger partial charge is 0.309 e. The average molecular weight is 284 g/mol. The molecule has 0 aliphatic heterocycles. The highest BCUT2D eigenvalue weighted by Gasteiger charge is 2.35. The molecule has 106 valence electrons. The van der Waals surface area contributed by atoms with Crippen molar-refractivity contribution in [3.8, 4) is 0 Å². The summed E-state index contributed by atoms with van der Waals surface area (Å²) in [5.41, 5.74) is -0.485. The van der Waals surface area contributed by atoms with Crippen molar-refractivity contribution in [2.45, 2.75) is 12.2 Å². The highest BCUT2D eigenvalue weighted by atomic mass is 19.4. The van der Waals surface area contributed by atoms with Crippen LogP contribution in [-0.2, 0) is 6.18 Å². The van der Waals surface area contributed by atoms with Crippen molar-refractivity contribution >= 4 is 0 Å². The minimum absolute atomic E-state index is 0.159. The molecule has 1 N–H and O–H groups in total. The molecule has 1 unspecified atom stereocenters. The van der Waals surface area contributed by atoms with Crippen LogP contribution in [0.3, 0.4) is 0 Å². The Morgan fingerprint density at radius 3 is 2.50 bits per heavy atom. The van der Waals surface area contributed by atoms with Gasteiger partial charge in [0.05, 0.1) is 11.6 Å². The topological polar surface area (TPSA) is 24.9 Å². The molecule has 20 heavy (non-hydrogen) atoms. The van der Waals surface area contributed by atoms with Gasteiger partial charge in [-0.3, -0.25) is 4.98 Å². The number of nitrogens with zero attached hydrogens (tertiary/aromatic N) is 1. The summed E-state index contributed by atoms with van der Waals surface area (Å²) in [6.45, 7) is 0. The molecule has 6 heteroatoms. The van der Waals surface area contributed by atoms with Crippen molar-refractivity contribution in [3.63, 3.8) is 0 Å². The van der Waals surface area contributed by atoms with Crippen molar-refractivity contribution in [2.75, 3.05) is 7.05 Å². The third-order valence-corrected chi connectivity index (χ3v) is 2.94. The van der Waals surface area contributed by atoms with Gasteiger partial charge in [0.25, 0.3) is 0 Å². The van der Waals surface area contributed by atoms with Gasteiger partial charge in [-0.1, -0.05) is 6.07 Å². The molecule has 1 aromatic carbocycles. The average Bonchev–Trinajstić information content (AvgIpc) is 2.39. The summed E-state index contributed by atoms with van der Waals surface area (Å²) in [5.74, 6) is -0.711. The fourth-order valence-electron chi connectivity index (χ4n) is 2.08. The van der Waals surface area contributed by atoms with Crippen LogP contribution in [0.5, 0.6) is 0 Å². The molecule has 0 radical (unpaired) electrons. The largest absolute Gasteiger partial charge is 0.416 e. The summed E-state index contributed by atoms with van der Waals surface area (Å²) in [5, 5.41) is 2.77. The maximum atomic E-state index is 13.3. The van der Waals surface area contributed by atoms with E-state index in [9.17, 15) is 17.6 Å². The molecule has 0 spiro atoms. The van der Waals surface area contributed by atoms with Crippen LogP contribution in [0.1, 0.15) is 22.7 Å². The Morgan fingerprint density at radius 2 is 1.95 bits per heavy atom. The fraction of sp³-hybridized carbons (Fsp3) is 0.214. The first-order chi connectivity index (χ1) is 9.43. The van der Waals surface area contributed by atoms with Gasteiger partial charge in [0, 0.05) is 12.4 Å². The van der Waals surface area contributed by atoms with Gasteiger partial charge >= 0.3 is 6.18 Å². The van der Waals surface area contributed by atoms with E-state index in [-0.39, 0.29) is 5.56 Å². The van der Waals surface area contributed by atoms with Crippen LogP contribution in [0, 0.1) is 5.82 Å². The molecule has 0 aliphatic carbocycles. The molecule has 0 aliphatic rings. The molecular weight excluding hydrogens is 272 g/mol. The number of nitrogens with one attached hydrogen (secondary N) is 1. The summed E-state index contributed by atoms with van der Waals surface area (Å²) in [6, 6.07) is 4.94. The van der Waals surface area contributed by atoms with Gasteiger partial charge in [0.15, 0.2) is 0 Å². The van der Waals surface area contributed by atoms with Gasteiger partial charge in [-0.05, 0) is 42.4 Å². The Balaban J connectivity index is 2.57. The van der Waals surface area contributed by atoms with E-state index >= 15 is 0 Å². The van der Waals surface area contributed by atoms with Gasteiger partial charge in [0.1, 0.15) is 5.82 Å². The van der Waals surface area contributed by atoms with Crippen LogP contribution in [0.25, 0.3) is 0 Å². The number of aromatic nitrogens is 1. The maximum absolute atomic E-state index is 13.3. The molecule has 0 bridgehead atoms. The number of hydrogen-bond donors (Lipinski definition) is 1. The first kappa shape index (κ1) is 14.5. The molecular formula is C14H12F4N2. The number of benzene rings is 1. The van der Waals surface area contributed by atoms with Crippen LogP contribution in [0.4, 0.5) is 17.6 Å². The van der Waals surface area contributed by atoms with Crippen LogP contribution >= 0.6 is 0 Å². The standard InChI is InChI=1S/C14H12F4N2/c1-19-13(9-3-2-6-20-8-9)11-7-10(15)4-5-12(11)14(16,17)18/h2-8,13,19H,1H3. The number of rotatable bonds is 3. The monoisotopic (exact) mass is 284 g/mol. The lowest BCUT2D eigenvalue weighted by atomic mass is 9.95. The van der Waals surface area contributed by atoms with E-state index in [1.807, 2.05) is 0 Å². The van der Waals surface area contributed by atoms with Crippen LogP contribution in [0.2, 0.25) is 0 Å². The summed E-state index contributed by atoms with van der Waals surface area (Å²) in [4.78, 5) is 3.88. The minimum atomic E-state index is -4.54. The molecule has 0 amide bonds. The molecule has 0 fully saturated rings. The van der Waals surface area contributed by atoms with Crippen molar-refractivity contribution in [3.05, 3.63) is 65.2 Å². The SMILES string of the molecule is CNC(c1cccnc1)c1cc(F)ccc1C(F)(F)F. The zero-order valence-corrected chi connectivity index (χ0v) is 10.6. The summed E-state index contributed by atoms with van der Waals surface area (Å²) >= 11 is 0. The lowest BCUT2D eigenvalue weighted by Gasteiger charge is -2.21. The van der Waals surface area contributed by atoms with Crippen LogP contribution < -0.4 is 5.32 Å². The Hall–Kier alpha value is -1.95. The fourth-order valence-corrected chi connectivity index (χ4v) is 2.08. The van der Waals surface area contributed by atoms with Gasteiger partial charge in [-0.15, -0.1) is 0 Å². The Morgan fingerprint density at radius 1 is 1.20 bits per heavy atom. The van der Waals surface area contributed by atoms with Crippen molar-refractivity contribution in [1.82, 2.24) is 10.3 Å². The van der Waals surface area contributed by atoms with Gasteiger partial charge < -0.3 is 5.32 Å². The van der Waals surface area contributed by atoms with Gasteiger partial charge in [0.2, 0.25) is 0 Å². The van der Waals surface area contributed by atoms with Crippen molar-refractivity contribution in [1.29, 1.82) is 0 Å². The minimum Gasteiger partial charge on any atom is -0.309 e. The highest BCUT2D eigenvalue weighted by molar-refractivity contribution is 5.38. The molecule has 0 saturated carbocycles. The zero-order valence-electron chi connectivity index (χ0n) is 10.6. The number of hydrogen-bond acceptors (Lipinski definition) is 2. The Bertz CT molecular complexity index is 581. The molecule has 2 nitrogen and oxygen atoms in total. The van der Waals surface area contributed by atoms with E-state index in [0.717, 1.165) is 18.2 Å². The molecule has 1 aromatic heterocycles. The molecule has 2 aromatic rings. The summed E-state index contributed by atoms with van der Waals surface area (Å²) in [7, 11) is 1.52. The molecule has 1 atom stereocenters. The predicted octanol–water partition coefficient (Wildman–Crippen LogP) is 3.55. The van der Waals surface area contributed by atoms with E-state index in [2.05, 4.69) is 10.3 Å². The Kier molecular flexibility index (Phi) is 4.04. The lowest BCUT2D eigenvalue weighted by molar-refractivity contribution is -0.138. The van der Waals surface area contributed by atoms with Crippen molar-refractivity contribution in [2.24, 2.45) is 0 Å².